The molecular weight excluding hydrogens is 320 g/mol. The van der Waals surface area contributed by atoms with E-state index in [1.54, 1.807) is 25.2 Å². The van der Waals surface area contributed by atoms with Crippen molar-refractivity contribution in [2.75, 3.05) is 20.2 Å². The lowest BCUT2D eigenvalue weighted by molar-refractivity contribution is -0.385. The summed E-state index contributed by atoms with van der Waals surface area (Å²) in [6.45, 7) is 0.793. The van der Waals surface area contributed by atoms with E-state index in [1.165, 1.54) is 6.07 Å². The Hall–Kier alpha value is -2.93. The number of aliphatic imine (C=N–C) groups is 1. The number of rotatable bonds is 7. The van der Waals surface area contributed by atoms with Crippen LogP contribution in [0.3, 0.4) is 0 Å². The number of hydrogen-bond donors (Lipinski definition) is 3. The van der Waals surface area contributed by atoms with Gasteiger partial charge in [0, 0.05) is 37.7 Å². The van der Waals surface area contributed by atoms with Crippen LogP contribution in [0.2, 0.25) is 0 Å². The van der Waals surface area contributed by atoms with E-state index in [0.717, 1.165) is 5.56 Å². The molecule has 7 heteroatoms. The molecule has 0 heterocycles. The van der Waals surface area contributed by atoms with Gasteiger partial charge in [-0.1, -0.05) is 48.5 Å². The first kappa shape index (κ1) is 18.4. The van der Waals surface area contributed by atoms with Crippen LogP contribution in [0.4, 0.5) is 5.69 Å². The van der Waals surface area contributed by atoms with E-state index in [1.807, 2.05) is 30.3 Å². The van der Waals surface area contributed by atoms with Gasteiger partial charge in [-0.15, -0.1) is 0 Å². The lowest BCUT2D eigenvalue weighted by Crippen LogP contribution is -2.39. The lowest BCUT2D eigenvalue weighted by Gasteiger charge is -2.18. The molecule has 0 spiro atoms. The van der Waals surface area contributed by atoms with Crippen molar-refractivity contribution in [3.63, 3.8) is 0 Å². The lowest BCUT2D eigenvalue weighted by atomic mass is 10.0. The van der Waals surface area contributed by atoms with Crippen molar-refractivity contribution in [2.45, 2.75) is 12.5 Å². The molecule has 0 bridgehead atoms. The van der Waals surface area contributed by atoms with Gasteiger partial charge in [-0.25, -0.2) is 0 Å². The third-order valence-electron chi connectivity index (χ3n) is 3.87. The van der Waals surface area contributed by atoms with E-state index in [4.69, 9.17) is 0 Å². The second kappa shape index (κ2) is 9.39. The minimum absolute atomic E-state index is 0.0121. The molecule has 0 amide bonds. The highest BCUT2D eigenvalue weighted by molar-refractivity contribution is 5.79. The SMILES string of the molecule is CN=C(NCc1ccccc1[N+](=O)[O-])NCC(CO)c1ccccc1. The molecule has 0 saturated heterocycles. The first-order valence-corrected chi connectivity index (χ1v) is 7.98. The van der Waals surface area contributed by atoms with Gasteiger partial charge >= 0.3 is 0 Å². The minimum Gasteiger partial charge on any atom is -0.396 e. The van der Waals surface area contributed by atoms with Crippen molar-refractivity contribution in [1.29, 1.82) is 0 Å². The summed E-state index contributed by atoms with van der Waals surface area (Å²) in [5, 5.41) is 26.9. The number of nitrogens with one attached hydrogen (secondary N) is 2. The molecular formula is C18H22N4O3. The van der Waals surface area contributed by atoms with Crippen molar-refractivity contribution in [3.05, 3.63) is 75.8 Å². The molecule has 2 aromatic rings. The number of hydrogen-bond acceptors (Lipinski definition) is 4. The molecule has 0 aliphatic carbocycles. The highest BCUT2D eigenvalue weighted by atomic mass is 16.6. The molecule has 0 aliphatic rings. The van der Waals surface area contributed by atoms with E-state index in [-0.39, 0.29) is 24.8 Å². The largest absolute Gasteiger partial charge is 0.396 e. The second-order valence-corrected chi connectivity index (χ2v) is 5.48. The van der Waals surface area contributed by atoms with Gasteiger partial charge in [0.1, 0.15) is 0 Å². The van der Waals surface area contributed by atoms with E-state index in [9.17, 15) is 15.2 Å². The number of aliphatic hydroxyl groups excluding tert-OH is 1. The van der Waals surface area contributed by atoms with Crippen molar-refractivity contribution in [1.82, 2.24) is 10.6 Å². The highest BCUT2D eigenvalue weighted by Crippen LogP contribution is 2.17. The maximum absolute atomic E-state index is 11.1. The summed E-state index contributed by atoms with van der Waals surface area (Å²) in [7, 11) is 1.63. The Morgan fingerprint density at radius 1 is 1.16 bits per heavy atom. The molecule has 0 fully saturated rings. The molecule has 0 saturated carbocycles. The maximum Gasteiger partial charge on any atom is 0.274 e. The minimum atomic E-state index is -0.398. The fourth-order valence-corrected chi connectivity index (χ4v) is 2.47. The first-order chi connectivity index (χ1) is 12.2. The Morgan fingerprint density at radius 2 is 1.84 bits per heavy atom. The molecule has 0 aliphatic heterocycles. The molecule has 25 heavy (non-hydrogen) atoms. The Bertz CT molecular complexity index is 719. The van der Waals surface area contributed by atoms with E-state index < -0.39 is 4.92 Å². The van der Waals surface area contributed by atoms with Crippen LogP contribution in [0.25, 0.3) is 0 Å². The molecule has 1 unspecified atom stereocenters. The number of benzene rings is 2. The fraction of sp³-hybridized carbons (Fsp3) is 0.278. The molecule has 132 valence electrons. The standard InChI is InChI=1S/C18H22N4O3/c1-19-18(20-11-15-9-5-6-10-17(15)22(24)25)21-12-16(13-23)14-7-3-2-4-8-14/h2-10,16,23H,11-13H2,1H3,(H2,19,20,21). The van der Waals surface area contributed by atoms with E-state index in [0.29, 0.717) is 18.1 Å². The zero-order valence-electron chi connectivity index (χ0n) is 14.1. The summed E-state index contributed by atoms with van der Waals surface area (Å²) in [5.41, 5.74) is 1.69. The molecule has 2 aromatic carbocycles. The van der Waals surface area contributed by atoms with Crippen molar-refractivity contribution in [3.8, 4) is 0 Å². The summed E-state index contributed by atoms with van der Waals surface area (Å²) in [6.07, 6.45) is 0. The van der Waals surface area contributed by atoms with Gasteiger partial charge in [-0.05, 0) is 5.56 Å². The third kappa shape index (κ3) is 5.29. The highest BCUT2D eigenvalue weighted by Gasteiger charge is 2.14. The van der Waals surface area contributed by atoms with Crippen molar-refractivity contribution in [2.24, 2.45) is 4.99 Å². The van der Waals surface area contributed by atoms with Crippen molar-refractivity contribution < 1.29 is 10.0 Å². The van der Waals surface area contributed by atoms with Gasteiger partial charge < -0.3 is 15.7 Å². The summed E-state index contributed by atoms with van der Waals surface area (Å²) in [5.74, 6) is 0.457. The normalized spacial score (nSPS) is 12.5. The van der Waals surface area contributed by atoms with Gasteiger partial charge in [0.2, 0.25) is 0 Å². The van der Waals surface area contributed by atoms with Gasteiger partial charge in [0.25, 0.3) is 5.69 Å². The molecule has 7 nitrogen and oxygen atoms in total. The quantitative estimate of drug-likeness (QED) is 0.309. The third-order valence-corrected chi connectivity index (χ3v) is 3.87. The number of para-hydroxylation sites is 1. The number of nitro benzene ring substituents is 1. The zero-order chi connectivity index (χ0) is 18.1. The number of guanidine groups is 1. The molecule has 1 atom stereocenters. The van der Waals surface area contributed by atoms with Crippen LogP contribution in [0.1, 0.15) is 17.0 Å². The van der Waals surface area contributed by atoms with Crippen LogP contribution >= 0.6 is 0 Å². The van der Waals surface area contributed by atoms with Crippen LogP contribution in [0.15, 0.2) is 59.6 Å². The Morgan fingerprint density at radius 3 is 2.48 bits per heavy atom. The molecule has 3 N–H and O–H groups in total. The van der Waals surface area contributed by atoms with Gasteiger partial charge in [0.15, 0.2) is 5.96 Å². The Labute approximate surface area is 146 Å². The number of aliphatic hydroxyl groups is 1. The smallest absolute Gasteiger partial charge is 0.274 e. The van der Waals surface area contributed by atoms with Gasteiger partial charge in [-0.3, -0.25) is 15.1 Å². The van der Waals surface area contributed by atoms with E-state index in [2.05, 4.69) is 15.6 Å². The van der Waals surface area contributed by atoms with Gasteiger partial charge in [-0.2, -0.15) is 0 Å². The summed E-state index contributed by atoms with van der Waals surface area (Å²) in [4.78, 5) is 14.8. The average Bonchev–Trinajstić information content (AvgIpc) is 2.65. The fourth-order valence-electron chi connectivity index (χ4n) is 2.47. The summed E-state index contributed by atoms with van der Waals surface area (Å²) < 4.78 is 0. The molecule has 0 aromatic heterocycles. The van der Waals surface area contributed by atoms with Gasteiger partial charge in [0.05, 0.1) is 11.5 Å². The van der Waals surface area contributed by atoms with Crippen LogP contribution in [-0.2, 0) is 6.54 Å². The second-order valence-electron chi connectivity index (χ2n) is 5.48. The molecule has 0 radical (unpaired) electrons. The monoisotopic (exact) mass is 342 g/mol. The Kier molecular flexibility index (Phi) is 6.91. The van der Waals surface area contributed by atoms with Crippen LogP contribution < -0.4 is 10.6 Å². The summed E-state index contributed by atoms with van der Waals surface area (Å²) in [6, 6.07) is 16.3. The summed E-state index contributed by atoms with van der Waals surface area (Å²) >= 11 is 0. The maximum atomic E-state index is 11.1. The number of nitro groups is 1. The average molecular weight is 342 g/mol. The number of nitrogens with zero attached hydrogens (tertiary/aromatic N) is 2. The van der Waals surface area contributed by atoms with Crippen LogP contribution in [-0.4, -0.2) is 36.2 Å². The van der Waals surface area contributed by atoms with Crippen LogP contribution in [0, 0.1) is 10.1 Å². The van der Waals surface area contributed by atoms with Crippen LogP contribution in [0.5, 0.6) is 0 Å². The first-order valence-electron chi connectivity index (χ1n) is 7.98. The topological polar surface area (TPSA) is 99.8 Å². The predicted molar refractivity (Wildman–Crippen MR) is 97.6 cm³/mol. The zero-order valence-corrected chi connectivity index (χ0v) is 14.1. The molecule has 2 rings (SSSR count). The van der Waals surface area contributed by atoms with E-state index >= 15 is 0 Å². The predicted octanol–water partition coefficient (Wildman–Crippen LogP) is 2.04. The Balaban J connectivity index is 1.94. The van der Waals surface area contributed by atoms with Crippen molar-refractivity contribution >= 4 is 11.6 Å².